The van der Waals surface area contributed by atoms with Gasteiger partial charge in [-0.15, -0.1) is 0 Å². The molecule has 0 unspecified atom stereocenters. The average molecular weight is 400 g/mol. The van der Waals surface area contributed by atoms with Gasteiger partial charge >= 0.3 is 0 Å². The summed E-state index contributed by atoms with van der Waals surface area (Å²) in [6.45, 7) is 1.20. The lowest BCUT2D eigenvalue weighted by Gasteiger charge is -2.16. The summed E-state index contributed by atoms with van der Waals surface area (Å²) in [6, 6.07) is 19.5. The predicted octanol–water partition coefficient (Wildman–Crippen LogP) is 3.81. The number of amides is 2. The van der Waals surface area contributed by atoms with Gasteiger partial charge < -0.3 is 10.2 Å². The van der Waals surface area contributed by atoms with Crippen LogP contribution >= 0.6 is 0 Å². The second-order valence-corrected chi connectivity index (χ2v) is 7.97. The summed E-state index contributed by atoms with van der Waals surface area (Å²) in [5.41, 5.74) is 4.34. The molecule has 1 aliphatic heterocycles. The van der Waals surface area contributed by atoms with E-state index in [1.54, 1.807) is 4.68 Å². The monoisotopic (exact) mass is 400 g/mol. The van der Waals surface area contributed by atoms with Crippen LogP contribution in [0.15, 0.2) is 60.7 Å². The van der Waals surface area contributed by atoms with Gasteiger partial charge in [0.25, 0.3) is 5.91 Å². The van der Waals surface area contributed by atoms with Crippen molar-refractivity contribution in [1.29, 1.82) is 0 Å². The normalized spacial score (nSPS) is 16.1. The molecule has 0 radical (unpaired) electrons. The maximum atomic E-state index is 13.0. The summed E-state index contributed by atoms with van der Waals surface area (Å²) in [5, 5.41) is 7.72. The quantitative estimate of drug-likeness (QED) is 0.684. The van der Waals surface area contributed by atoms with Crippen molar-refractivity contribution in [2.24, 2.45) is 0 Å². The minimum atomic E-state index is -0.142. The van der Waals surface area contributed by atoms with E-state index < -0.39 is 0 Å². The SMILES string of the molecule is O=C(NCc1ccc(N2CCCC2=O)cc1)c1cc(C2CC2)nn1-c1ccccc1. The van der Waals surface area contributed by atoms with Crippen molar-refractivity contribution in [3.8, 4) is 5.69 Å². The van der Waals surface area contributed by atoms with Gasteiger partial charge in [-0.3, -0.25) is 9.59 Å². The van der Waals surface area contributed by atoms with Crippen molar-refractivity contribution >= 4 is 17.5 Å². The Morgan fingerprint density at radius 3 is 2.47 bits per heavy atom. The maximum absolute atomic E-state index is 13.0. The van der Waals surface area contributed by atoms with Crippen LogP contribution in [0.4, 0.5) is 5.69 Å². The third-order valence-electron chi connectivity index (χ3n) is 5.73. The Bertz CT molecular complexity index is 1070. The summed E-state index contributed by atoms with van der Waals surface area (Å²) >= 11 is 0. The number of hydrogen-bond donors (Lipinski definition) is 1. The first-order valence-electron chi connectivity index (χ1n) is 10.5. The number of para-hydroxylation sites is 1. The molecule has 1 aromatic heterocycles. The highest BCUT2D eigenvalue weighted by Gasteiger charge is 2.29. The first-order valence-corrected chi connectivity index (χ1v) is 10.5. The highest BCUT2D eigenvalue weighted by atomic mass is 16.2. The number of anilines is 1. The fraction of sp³-hybridized carbons (Fsp3) is 0.292. The third kappa shape index (κ3) is 3.73. The molecule has 6 heteroatoms. The number of rotatable bonds is 6. The lowest BCUT2D eigenvalue weighted by atomic mass is 10.2. The molecule has 1 aliphatic carbocycles. The fourth-order valence-electron chi connectivity index (χ4n) is 3.89. The van der Waals surface area contributed by atoms with Crippen molar-refractivity contribution in [2.75, 3.05) is 11.4 Å². The molecule has 5 rings (SSSR count). The highest BCUT2D eigenvalue weighted by Crippen LogP contribution is 2.39. The van der Waals surface area contributed by atoms with Gasteiger partial charge in [0.15, 0.2) is 0 Å². The van der Waals surface area contributed by atoms with Crippen molar-refractivity contribution in [3.63, 3.8) is 0 Å². The highest BCUT2D eigenvalue weighted by molar-refractivity contribution is 5.95. The van der Waals surface area contributed by atoms with Crippen molar-refractivity contribution in [2.45, 2.75) is 38.1 Å². The van der Waals surface area contributed by atoms with Crippen molar-refractivity contribution < 1.29 is 9.59 Å². The van der Waals surface area contributed by atoms with E-state index in [1.165, 1.54) is 0 Å². The van der Waals surface area contributed by atoms with Crippen molar-refractivity contribution in [1.82, 2.24) is 15.1 Å². The van der Waals surface area contributed by atoms with Crippen LogP contribution in [0, 0.1) is 0 Å². The van der Waals surface area contributed by atoms with Crippen LogP contribution in [0.2, 0.25) is 0 Å². The number of nitrogens with one attached hydrogen (secondary N) is 1. The summed E-state index contributed by atoms with van der Waals surface area (Å²) in [4.78, 5) is 26.7. The molecule has 30 heavy (non-hydrogen) atoms. The molecule has 1 N–H and O–H groups in total. The van der Waals surface area contributed by atoms with Crippen LogP contribution in [-0.2, 0) is 11.3 Å². The van der Waals surface area contributed by atoms with E-state index in [-0.39, 0.29) is 11.8 Å². The van der Waals surface area contributed by atoms with Crippen LogP contribution in [-0.4, -0.2) is 28.1 Å². The predicted molar refractivity (Wildman–Crippen MR) is 115 cm³/mol. The van der Waals surface area contributed by atoms with Crippen LogP contribution < -0.4 is 10.2 Å². The van der Waals surface area contributed by atoms with E-state index in [0.717, 1.165) is 48.4 Å². The Morgan fingerprint density at radius 1 is 1.03 bits per heavy atom. The molecular formula is C24H24N4O2. The minimum absolute atomic E-state index is 0.142. The second-order valence-electron chi connectivity index (χ2n) is 7.97. The molecule has 0 atom stereocenters. The van der Waals surface area contributed by atoms with Gasteiger partial charge in [0.2, 0.25) is 5.91 Å². The average Bonchev–Trinajstić information content (AvgIpc) is 3.39. The minimum Gasteiger partial charge on any atom is -0.347 e. The van der Waals surface area contributed by atoms with Gasteiger partial charge in [0.1, 0.15) is 5.69 Å². The van der Waals surface area contributed by atoms with Gasteiger partial charge in [-0.05, 0) is 55.2 Å². The van der Waals surface area contributed by atoms with Gasteiger partial charge in [-0.25, -0.2) is 4.68 Å². The molecule has 0 spiro atoms. The number of nitrogens with zero attached hydrogens (tertiary/aromatic N) is 3. The van der Waals surface area contributed by atoms with Crippen LogP contribution in [0.5, 0.6) is 0 Å². The van der Waals surface area contributed by atoms with E-state index in [1.807, 2.05) is 65.6 Å². The second kappa shape index (κ2) is 7.78. The summed E-state index contributed by atoms with van der Waals surface area (Å²) in [7, 11) is 0. The summed E-state index contributed by atoms with van der Waals surface area (Å²) < 4.78 is 1.74. The molecule has 0 bridgehead atoms. The molecule has 1 saturated heterocycles. The molecular weight excluding hydrogens is 376 g/mol. The zero-order valence-electron chi connectivity index (χ0n) is 16.8. The Labute approximate surface area is 175 Å². The number of carbonyl (C=O) groups excluding carboxylic acids is 2. The number of aromatic nitrogens is 2. The summed E-state index contributed by atoms with van der Waals surface area (Å²) in [5.74, 6) is 0.510. The standard InChI is InChI=1S/C24H24N4O2/c29-23-7-4-14-27(23)19-12-8-17(9-13-19)16-25-24(30)22-15-21(18-10-11-18)26-28(22)20-5-2-1-3-6-20/h1-3,5-6,8-9,12-13,15,18H,4,7,10-11,14,16H2,(H,25,30). The zero-order chi connectivity index (χ0) is 20.5. The van der Waals surface area contributed by atoms with E-state index >= 15 is 0 Å². The largest absolute Gasteiger partial charge is 0.347 e. The van der Waals surface area contributed by atoms with Gasteiger partial charge in [0.05, 0.1) is 11.4 Å². The van der Waals surface area contributed by atoms with Crippen LogP contribution in [0.1, 0.15) is 53.3 Å². The fourth-order valence-corrected chi connectivity index (χ4v) is 3.89. The molecule has 2 amide bonds. The van der Waals surface area contributed by atoms with E-state index in [0.29, 0.717) is 24.6 Å². The summed E-state index contributed by atoms with van der Waals surface area (Å²) in [6.07, 6.45) is 3.81. The third-order valence-corrected chi connectivity index (χ3v) is 5.73. The lowest BCUT2D eigenvalue weighted by molar-refractivity contribution is -0.117. The first kappa shape index (κ1) is 18.6. The van der Waals surface area contributed by atoms with E-state index in [2.05, 4.69) is 5.32 Å². The van der Waals surface area contributed by atoms with Gasteiger partial charge in [-0.1, -0.05) is 30.3 Å². The zero-order valence-corrected chi connectivity index (χ0v) is 16.8. The molecule has 1 saturated carbocycles. The molecule has 2 heterocycles. The maximum Gasteiger partial charge on any atom is 0.270 e. The van der Waals surface area contributed by atoms with Crippen molar-refractivity contribution in [3.05, 3.63) is 77.6 Å². The van der Waals surface area contributed by atoms with Gasteiger partial charge in [0, 0.05) is 31.1 Å². The first-order chi connectivity index (χ1) is 14.7. The van der Waals surface area contributed by atoms with E-state index in [9.17, 15) is 9.59 Å². The molecule has 2 aliphatic rings. The van der Waals surface area contributed by atoms with Crippen LogP contribution in [0.25, 0.3) is 5.69 Å². The van der Waals surface area contributed by atoms with Gasteiger partial charge in [-0.2, -0.15) is 5.10 Å². The Morgan fingerprint density at radius 2 is 1.80 bits per heavy atom. The van der Waals surface area contributed by atoms with Crippen LogP contribution in [0.3, 0.4) is 0 Å². The number of benzene rings is 2. The number of hydrogen-bond acceptors (Lipinski definition) is 3. The smallest absolute Gasteiger partial charge is 0.270 e. The molecule has 3 aromatic rings. The Balaban J connectivity index is 1.30. The Hall–Kier alpha value is -3.41. The molecule has 6 nitrogen and oxygen atoms in total. The number of carbonyl (C=O) groups is 2. The molecule has 2 fully saturated rings. The molecule has 2 aromatic carbocycles. The lowest BCUT2D eigenvalue weighted by Crippen LogP contribution is -2.26. The molecule has 152 valence electrons. The van der Waals surface area contributed by atoms with E-state index in [4.69, 9.17) is 5.10 Å². The topological polar surface area (TPSA) is 67.2 Å². The Kier molecular flexibility index (Phi) is 4.83.